The minimum atomic E-state index is -0.724. The van der Waals surface area contributed by atoms with Crippen molar-refractivity contribution in [3.05, 3.63) is 62.7 Å². The molecule has 0 saturated carbocycles. The number of aryl methyl sites for hydroxylation is 1. The first kappa shape index (κ1) is 16.1. The highest BCUT2D eigenvalue weighted by atomic mass is 32.1. The van der Waals surface area contributed by atoms with Crippen LogP contribution in [0.3, 0.4) is 0 Å². The molecular weight excluding hydrogens is 328 g/mol. The highest BCUT2D eigenvalue weighted by molar-refractivity contribution is 7.12. The van der Waals surface area contributed by atoms with Gasteiger partial charge < -0.3 is 4.74 Å². The summed E-state index contributed by atoms with van der Waals surface area (Å²) in [4.78, 5) is 37.1. The first-order valence-electron chi connectivity index (χ1n) is 7.35. The van der Waals surface area contributed by atoms with Gasteiger partial charge in [-0.15, -0.1) is 11.3 Å². The molecule has 0 spiro atoms. The van der Waals surface area contributed by atoms with E-state index in [4.69, 9.17) is 4.74 Å². The number of Topliss-reactive ketones (excluding diaryl/α,β-unsaturated/α-hetero) is 1. The Morgan fingerprint density at radius 3 is 2.58 bits per heavy atom. The lowest BCUT2D eigenvalue weighted by molar-refractivity contribution is 0.0469. The topological polar surface area (TPSA) is 78.3 Å². The van der Waals surface area contributed by atoms with Crippen LogP contribution in [0.4, 0.5) is 0 Å². The summed E-state index contributed by atoms with van der Waals surface area (Å²) in [5, 5.41) is 6.67. The third kappa shape index (κ3) is 2.98. The molecule has 0 aliphatic carbocycles. The Morgan fingerprint density at radius 1 is 1.17 bits per heavy atom. The molecule has 0 unspecified atom stereocenters. The summed E-state index contributed by atoms with van der Waals surface area (Å²) in [5.41, 5.74) is -0.231. The minimum absolute atomic E-state index is 0.0334. The molecule has 2 heterocycles. The normalized spacial score (nSPS) is 10.7. The SMILES string of the molecule is CCn1nc(C(=O)OCC(=O)c2cccs2)c2ccccc2c1=O. The average Bonchev–Trinajstić information content (AvgIpc) is 3.15. The molecule has 0 atom stereocenters. The monoisotopic (exact) mass is 342 g/mol. The number of aromatic nitrogens is 2. The van der Waals surface area contributed by atoms with E-state index >= 15 is 0 Å². The van der Waals surface area contributed by atoms with Gasteiger partial charge in [-0.1, -0.05) is 24.3 Å². The Morgan fingerprint density at radius 2 is 1.92 bits per heavy atom. The Bertz CT molecular complexity index is 960. The van der Waals surface area contributed by atoms with Crippen molar-refractivity contribution in [3.8, 4) is 0 Å². The Hall–Kier alpha value is -2.80. The Kier molecular flexibility index (Phi) is 4.52. The molecule has 6 nitrogen and oxygen atoms in total. The lowest BCUT2D eigenvalue weighted by atomic mass is 10.1. The number of carbonyl (C=O) groups excluding carboxylic acids is 2. The maximum Gasteiger partial charge on any atom is 0.359 e. The molecule has 2 aromatic heterocycles. The van der Waals surface area contributed by atoms with Crippen LogP contribution < -0.4 is 5.56 Å². The zero-order chi connectivity index (χ0) is 17.1. The van der Waals surface area contributed by atoms with Crippen molar-refractivity contribution in [2.45, 2.75) is 13.5 Å². The van der Waals surface area contributed by atoms with Crippen LogP contribution >= 0.6 is 11.3 Å². The predicted octanol–water partition coefficient (Wildman–Crippen LogP) is 2.52. The number of thiophene rings is 1. The zero-order valence-corrected chi connectivity index (χ0v) is 13.7. The third-order valence-electron chi connectivity index (χ3n) is 3.49. The molecule has 7 heteroatoms. The number of benzene rings is 1. The second-order valence-corrected chi connectivity index (χ2v) is 5.94. The number of hydrogen-bond acceptors (Lipinski definition) is 6. The quantitative estimate of drug-likeness (QED) is 0.526. The lowest BCUT2D eigenvalue weighted by Gasteiger charge is -2.09. The van der Waals surface area contributed by atoms with Gasteiger partial charge in [0.15, 0.2) is 12.3 Å². The van der Waals surface area contributed by atoms with Crippen LogP contribution in [0.15, 0.2) is 46.6 Å². The largest absolute Gasteiger partial charge is 0.452 e. The summed E-state index contributed by atoms with van der Waals surface area (Å²) in [6, 6.07) is 10.1. The zero-order valence-electron chi connectivity index (χ0n) is 12.9. The molecule has 0 amide bonds. The van der Waals surface area contributed by atoms with Crippen molar-refractivity contribution in [1.29, 1.82) is 0 Å². The number of esters is 1. The van der Waals surface area contributed by atoms with E-state index < -0.39 is 5.97 Å². The minimum Gasteiger partial charge on any atom is -0.452 e. The van der Waals surface area contributed by atoms with Crippen molar-refractivity contribution in [2.75, 3.05) is 6.61 Å². The number of hydrogen-bond donors (Lipinski definition) is 0. The van der Waals surface area contributed by atoms with Crippen LogP contribution in [0.2, 0.25) is 0 Å². The van der Waals surface area contributed by atoms with E-state index in [2.05, 4.69) is 5.10 Å². The van der Waals surface area contributed by atoms with Crippen molar-refractivity contribution in [3.63, 3.8) is 0 Å². The summed E-state index contributed by atoms with van der Waals surface area (Å²) in [6.07, 6.45) is 0. The number of fused-ring (bicyclic) bond motifs is 1. The fourth-order valence-electron chi connectivity index (χ4n) is 2.31. The lowest BCUT2D eigenvalue weighted by Crippen LogP contribution is -2.26. The van der Waals surface area contributed by atoms with Gasteiger partial charge in [0.1, 0.15) is 0 Å². The van der Waals surface area contributed by atoms with Crippen LogP contribution in [-0.4, -0.2) is 28.1 Å². The highest BCUT2D eigenvalue weighted by Crippen LogP contribution is 2.15. The molecule has 3 rings (SSSR count). The van der Waals surface area contributed by atoms with Crippen molar-refractivity contribution in [2.24, 2.45) is 0 Å². The van der Waals surface area contributed by atoms with Gasteiger partial charge in [-0.3, -0.25) is 9.59 Å². The second-order valence-electron chi connectivity index (χ2n) is 4.99. The van der Waals surface area contributed by atoms with Gasteiger partial charge in [0, 0.05) is 11.9 Å². The summed E-state index contributed by atoms with van der Waals surface area (Å²) in [7, 11) is 0. The fourth-order valence-corrected chi connectivity index (χ4v) is 2.96. The van der Waals surface area contributed by atoms with E-state index in [9.17, 15) is 14.4 Å². The molecule has 3 aromatic rings. The number of rotatable bonds is 5. The van der Waals surface area contributed by atoms with Gasteiger partial charge in [0.2, 0.25) is 5.78 Å². The van der Waals surface area contributed by atoms with Gasteiger partial charge in [-0.05, 0) is 24.4 Å². The van der Waals surface area contributed by atoms with Gasteiger partial charge in [0.05, 0.1) is 10.3 Å². The molecule has 0 aliphatic rings. The summed E-state index contributed by atoms with van der Waals surface area (Å²) in [5.74, 6) is -0.996. The van der Waals surface area contributed by atoms with Crippen LogP contribution in [0.1, 0.15) is 27.1 Å². The highest BCUT2D eigenvalue weighted by Gasteiger charge is 2.19. The summed E-state index contributed by atoms with van der Waals surface area (Å²) in [6.45, 7) is 1.73. The second kappa shape index (κ2) is 6.76. The first-order chi connectivity index (χ1) is 11.6. The fraction of sp³-hybridized carbons (Fsp3) is 0.176. The van der Waals surface area contributed by atoms with Gasteiger partial charge in [-0.25, -0.2) is 9.48 Å². The van der Waals surface area contributed by atoms with E-state index in [1.807, 2.05) is 0 Å². The number of ether oxygens (including phenoxy) is 1. The molecule has 0 bridgehead atoms. The maximum atomic E-state index is 12.4. The number of ketones is 1. The van der Waals surface area contributed by atoms with Gasteiger partial charge in [-0.2, -0.15) is 5.10 Å². The number of nitrogens with zero attached hydrogens (tertiary/aromatic N) is 2. The van der Waals surface area contributed by atoms with E-state index in [-0.39, 0.29) is 23.6 Å². The molecule has 0 aliphatic heterocycles. The van der Waals surface area contributed by atoms with E-state index in [0.29, 0.717) is 22.2 Å². The Balaban J connectivity index is 1.91. The van der Waals surface area contributed by atoms with Gasteiger partial charge >= 0.3 is 5.97 Å². The van der Waals surface area contributed by atoms with Crippen molar-refractivity contribution < 1.29 is 14.3 Å². The predicted molar refractivity (Wildman–Crippen MR) is 90.6 cm³/mol. The van der Waals surface area contributed by atoms with Crippen molar-refractivity contribution >= 4 is 33.9 Å². The van der Waals surface area contributed by atoms with Crippen LogP contribution in [0.25, 0.3) is 10.8 Å². The third-order valence-corrected chi connectivity index (χ3v) is 4.40. The first-order valence-corrected chi connectivity index (χ1v) is 8.23. The van der Waals surface area contributed by atoms with Crippen LogP contribution in [0.5, 0.6) is 0 Å². The molecule has 0 N–H and O–H groups in total. The van der Waals surface area contributed by atoms with E-state index in [1.165, 1.54) is 16.0 Å². The molecule has 122 valence electrons. The molecule has 0 fully saturated rings. The molecule has 24 heavy (non-hydrogen) atoms. The summed E-state index contributed by atoms with van der Waals surface area (Å²) >= 11 is 1.29. The maximum absolute atomic E-state index is 12.4. The average molecular weight is 342 g/mol. The van der Waals surface area contributed by atoms with Crippen molar-refractivity contribution in [1.82, 2.24) is 9.78 Å². The standard InChI is InChI=1S/C17H14N2O4S/c1-2-19-16(21)12-7-4-3-6-11(12)15(18-19)17(22)23-10-13(20)14-8-5-9-24-14/h3-9H,2,10H2,1H3. The van der Waals surface area contributed by atoms with E-state index in [1.54, 1.807) is 48.7 Å². The molecule has 0 radical (unpaired) electrons. The smallest absolute Gasteiger partial charge is 0.359 e. The Labute approximate surface area is 141 Å². The summed E-state index contributed by atoms with van der Waals surface area (Å²) < 4.78 is 6.31. The molecule has 1 aromatic carbocycles. The molecule has 0 saturated heterocycles. The van der Waals surface area contributed by atoms with Gasteiger partial charge in [0.25, 0.3) is 5.56 Å². The number of carbonyl (C=O) groups is 2. The van der Waals surface area contributed by atoms with Crippen LogP contribution in [-0.2, 0) is 11.3 Å². The molecular formula is C17H14N2O4S. The van der Waals surface area contributed by atoms with E-state index in [0.717, 1.165) is 0 Å². The van der Waals surface area contributed by atoms with Crippen LogP contribution in [0, 0.1) is 0 Å².